The van der Waals surface area contributed by atoms with Gasteiger partial charge in [-0.1, -0.05) is 54.6 Å². The number of aromatic nitrogens is 1. The molecule has 28 heavy (non-hydrogen) atoms. The van der Waals surface area contributed by atoms with Crippen molar-refractivity contribution >= 4 is 22.5 Å². The quantitative estimate of drug-likeness (QED) is 0.512. The van der Waals surface area contributed by atoms with Gasteiger partial charge in [-0.15, -0.1) is 0 Å². The molecular formula is C24H17N3O. The molecule has 0 saturated carbocycles. The minimum atomic E-state index is -0.147. The molecule has 0 bridgehead atoms. The van der Waals surface area contributed by atoms with Gasteiger partial charge >= 0.3 is 0 Å². The molecule has 0 radical (unpaired) electrons. The zero-order valence-corrected chi connectivity index (χ0v) is 15.3. The van der Waals surface area contributed by atoms with Gasteiger partial charge in [0.05, 0.1) is 28.4 Å². The number of carbonyl (C=O) groups excluding carboxylic acids is 1. The summed E-state index contributed by atoms with van der Waals surface area (Å²) in [6.45, 7) is 0. The number of benzene rings is 3. The van der Waals surface area contributed by atoms with Crippen LogP contribution in [0.4, 0.5) is 5.69 Å². The highest BCUT2D eigenvalue weighted by atomic mass is 16.2. The van der Waals surface area contributed by atoms with Gasteiger partial charge in [-0.05, 0) is 30.3 Å². The number of hydrogen-bond donors (Lipinski definition) is 0. The van der Waals surface area contributed by atoms with Crippen molar-refractivity contribution in [1.82, 2.24) is 4.98 Å². The number of nitriles is 1. The van der Waals surface area contributed by atoms with Gasteiger partial charge in [0.25, 0.3) is 5.91 Å². The fraction of sp³-hybridized carbons (Fsp3) is 0.0417. The number of pyridine rings is 1. The monoisotopic (exact) mass is 363 g/mol. The van der Waals surface area contributed by atoms with Crippen molar-refractivity contribution in [1.29, 1.82) is 5.26 Å². The van der Waals surface area contributed by atoms with Crippen molar-refractivity contribution in [3.8, 4) is 17.3 Å². The Hall–Kier alpha value is -3.97. The number of rotatable bonds is 3. The maximum absolute atomic E-state index is 13.4. The molecule has 3 aromatic carbocycles. The Bertz CT molecular complexity index is 1210. The van der Waals surface area contributed by atoms with Crippen molar-refractivity contribution in [2.75, 3.05) is 11.9 Å². The number of hydrogen-bond acceptors (Lipinski definition) is 3. The van der Waals surface area contributed by atoms with Crippen molar-refractivity contribution in [3.05, 3.63) is 96.1 Å². The zero-order valence-electron chi connectivity index (χ0n) is 15.3. The van der Waals surface area contributed by atoms with Crippen LogP contribution in [-0.4, -0.2) is 17.9 Å². The van der Waals surface area contributed by atoms with Gasteiger partial charge in [0.2, 0.25) is 0 Å². The first kappa shape index (κ1) is 17.4. The van der Waals surface area contributed by atoms with Crippen LogP contribution in [0.15, 0.2) is 84.9 Å². The third kappa shape index (κ3) is 3.22. The van der Waals surface area contributed by atoms with Crippen LogP contribution in [0.3, 0.4) is 0 Å². The molecule has 1 amide bonds. The second kappa shape index (κ2) is 7.34. The van der Waals surface area contributed by atoms with E-state index in [1.807, 2.05) is 66.7 Å². The van der Waals surface area contributed by atoms with Gasteiger partial charge in [0.1, 0.15) is 0 Å². The SMILES string of the molecule is CN(C(=O)c1cc(-c2ccccc2)nc2ccccc12)c1cccc(C#N)c1. The zero-order chi connectivity index (χ0) is 19.5. The van der Waals surface area contributed by atoms with Crippen LogP contribution < -0.4 is 4.90 Å². The fourth-order valence-corrected chi connectivity index (χ4v) is 3.19. The van der Waals surface area contributed by atoms with Crippen LogP contribution in [0.5, 0.6) is 0 Å². The summed E-state index contributed by atoms with van der Waals surface area (Å²) in [6, 6.07) is 28.4. The van der Waals surface area contributed by atoms with Crippen molar-refractivity contribution < 1.29 is 4.79 Å². The summed E-state index contributed by atoms with van der Waals surface area (Å²) < 4.78 is 0. The number of para-hydroxylation sites is 1. The maximum Gasteiger partial charge on any atom is 0.258 e. The van der Waals surface area contributed by atoms with Crippen LogP contribution in [-0.2, 0) is 0 Å². The van der Waals surface area contributed by atoms with Gasteiger partial charge in [-0.3, -0.25) is 4.79 Å². The average Bonchev–Trinajstić information content (AvgIpc) is 2.78. The lowest BCUT2D eigenvalue weighted by atomic mass is 10.0. The summed E-state index contributed by atoms with van der Waals surface area (Å²) in [6.07, 6.45) is 0. The molecule has 0 aliphatic heterocycles. The number of anilines is 1. The van der Waals surface area contributed by atoms with E-state index in [1.54, 1.807) is 30.1 Å². The van der Waals surface area contributed by atoms with E-state index in [0.29, 0.717) is 16.8 Å². The third-order valence-electron chi connectivity index (χ3n) is 4.68. The van der Waals surface area contributed by atoms with Gasteiger partial charge in [0, 0.05) is 23.7 Å². The van der Waals surface area contributed by atoms with Gasteiger partial charge in [0.15, 0.2) is 0 Å². The van der Waals surface area contributed by atoms with E-state index in [4.69, 9.17) is 10.2 Å². The lowest BCUT2D eigenvalue weighted by molar-refractivity contribution is 0.0994. The molecule has 0 atom stereocenters. The topological polar surface area (TPSA) is 57.0 Å². The Kier molecular flexibility index (Phi) is 4.57. The standard InChI is InChI=1S/C24H17N3O/c1-27(19-11-7-8-17(14-19)16-25)24(28)21-15-23(18-9-3-2-4-10-18)26-22-13-6-5-12-20(21)22/h2-15H,1H3. The summed E-state index contributed by atoms with van der Waals surface area (Å²) in [5, 5.41) is 9.94. The molecule has 0 N–H and O–H groups in total. The predicted molar refractivity (Wildman–Crippen MR) is 111 cm³/mol. The highest BCUT2D eigenvalue weighted by Crippen LogP contribution is 2.27. The number of fused-ring (bicyclic) bond motifs is 1. The van der Waals surface area contributed by atoms with E-state index in [2.05, 4.69) is 6.07 Å². The molecule has 134 valence electrons. The van der Waals surface area contributed by atoms with E-state index < -0.39 is 0 Å². The molecule has 0 spiro atoms. The summed E-state index contributed by atoms with van der Waals surface area (Å²) in [5.74, 6) is -0.147. The molecule has 4 heteroatoms. The van der Waals surface area contributed by atoms with Crippen molar-refractivity contribution in [2.45, 2.75) is 0 Å². The minimum absolute atomic E-state index is 0.147. The van der Waals surface area contributed by atoms with E-state index in [-0.39, 0.29) is 5.91 Å². The summed E-state index contributed by atoms with van der Waals surface area (Å²) >= 11 is 0. The molecule has 0 aliphatic carbocycles. The first-order valence-corrected chi connectivity index (χ1v) is 8.91. The highest BCUT2D eigenvalue weighted by Gasteiger charge is 2.18. The summed E-state index contributed by atoms with van der Waals surface area (Å²) in [5.41, 5.74) is 4.24. The van der Waals surface area contributed by atoms with E-state index in [0.717, 1.165) is 22.2 Å². The molecule has 1 aromatic heterocycles. The molecule has 0 unspecified atom stereocenters. The minimum Gasteiger partial charge on any atom is -0.311 e. The van der Waals surface area contributed by atoms with E-state index in [9.17, 15) is 4.79 Å². The maximum atomic E-state index is 13.4. The summed E-state index contributed by atoms with van der Waals surface area (Å²) in [7, 11) is 1.72. The van der Waals surface area contributed by atoms with Crippen LogP contribution in [0.1, 0.15) is 15.9 Å². The second-order valence-electron chi connectivity index (χ2n) is 6.46. The Morgan fingerprint density at radius 1 is 0.929 bits per heavy atom. The Morgan fingerprint density at radius 3 is 2.46 bits per heavy atom. The van der Waals surface area contributed by atoms with Crippen LogP contribution in [0.25, 0.3) is 22.2 Å². The first-order valence-electron chi connectivity index (χ1n) is 8.91. The average molecular weight is 363 g/mol. The molecule has 4 rings (SSSR count). The summed E-state index contributed by atoms with van der Waals surface area (Å²) in [4.78, 5) is 19.7. The molecule has 0 aliphatic rings. The molecule has 4 nitrogen and oxygen atoms in total. The first-order chi connectivity index (χ1) is 13.7. The lowest BCUT2D eigenvalue weighted by Gasteiger charge is -2.19. The van der Waals surface area contributed by atoms with Crippen LogP contribution in [0.2, 0.25) is 0 Å². The van der Waals surface area contributed by atoms with Crippen molar-refractivity contribution in [2.24, 2.45) is 0 Å². The normalized spacial score (nSPS) is 10.4. The van der Waals surface area contributed by atoms with E-state index in [1.165, 1.54) is 0 Å². The van der Waals surface area contributed by atoms with Crippen LogP contribution in [0, 0.1) is 11.3 Å². The van der Waals surface area contributed by atoms with E-state index >= 15 is 0 Å². The predicted octanol–water partition coefficient (Wildman–Crippen LogP) is 5.05. The highest BCUT2D eigenvalue weighted by molar-refractivity contribution is 6.14. The van der Waals surface area contributed by atoms with Gasteiger partial charge in [-0.25, -0.2) is 4.98 Å². The smallest absolute Gasteiger partial charge is 0.258 e. The number of carbonyl (C=O) groups is 1. The molecule has 0 fully saturated rings. The Morgan fingerprint density at radius 2 is 1.68 bits per heavy atom. The third-order valence-corrected chi connectivity index (χ3v) is 4.68. The van der Waals surface area contributed by atoms with Gasteiger partial charge in [-0.2, -0.15) is 5.26 Å². The van der Waals surface area contributed by atoms with Gasteiger partial charge < -0.3 is 4.90 Å². The molecule has 4 aromatic rings. The number of nitrogens with zero attached hydrogens (tertiary/aromatic N) is 3. The number of amides is 1. The molecule has 0 saturated heterocycles. The molecular weight excluding hydrogens is 346 g/mol. The fourth-order valence-electron chi connectivity index (χ4n) is 3.19. The Balaban J connectivity index is 1.85. The Labute approximate surface area is 163 Å². The van der Waals surface area contributed by atoms with Crippen molar-refractivity contribution in [3.63, 3.8) is 0 Å². The molecule has 1 heterocycles. The van der Waals surface area contributed by atoms with Crippen LogP contribution >= 0.6 is 0 Å². The second-order valence-corrected chi connectivity index (χ2v) is 6.46. The largest absolute Gasteiger partial charge is 0.311 e. The lowest BCUT2D eigenvalue weighted by Crippen LogP contribution is -2.26.